The van der Waals surface area contributed by atoms with Gasteiger partial charge < -0.3 is 31.3 Å². The van der Waals surface area contributed by atoms with Crippen molar-refractivity contribution >= 4 is 46.7 Å². The lowest BCUT2D eigenvalue weighted by Gasteiger charge is -2.22. The van der Waals surface area contributed by atoms with Gasteiger partial charge in [-0.2, -0.15) is 0 Å². The van der Waals surface area contributed by atoms with Crippen LogP contribution in [-0.2, 0) is 22.6 Å². The Bertz CT molecular complexity index is 2140. The molecule has 2 atom stereocenters. The molecule has 3 heterocycles. The van der Waals surface area contributed by atoms with Gasteiger partial charge in [0.15, 0.2) is 0 Å². The third-order valence-corrected chi connectivity index (χ3v) is 10.3. The molecule has 59 heavy (non-hydrogen) atoms. The number of benzene rings is 3. The van der Waals surface area contributed by atoms with E-state index in [2.05, 4.69) is 32.3 Å². The summed E-state index contributed by atoms with van der Waals surface area (Å²) in [6.45, 7) is 15.3. The van der Waals surface area contributed by atoms with Gasteiger partial charge in [0.2, 0.25) is 0 Å². The normalized spacial score (nSPS) is 13.0. The molecule has 1 aliphatic heterocycles. The average Bonchev–Trinajstić information content (AvgIpc) is 3.91. The number of imide groups is 1. The summed E-state index contributed by atoms with van der Waals surface area (Å²) in [5, 5.41) is 5.67. The van der Waals surface area contributed by atoms with Gasteiger partial charge in [-0.25, -0.2) is 19.6 Å². The molecule has 17 heteroatoms. The molecule has 0 unspecified atom stereocenters. The molecule has 10 N–H and O–H groups in total. The van der Waals surface area contributed by atoms with Gasteiger partial charge in [0, 0.05) is 6.54 Å². The second-order valence-corrected chi connectivity index (χ2v) is 16.9. The Hall–Kier alpha value is -5.56. The van der Waals surface area contributed by atoms with E-state index in [4.69, 9.17) is 15.2 Å². The highest BCUT2D eigenvalue weighted by Crippen LogP contribution is 2.32. The number of nitrogens with one attached hydrogen (secondary N) is 2. The predicted molar refractivity (Wildman–Crippen MR) is 231 cm³/mol. The molecule has 5 aromatic rings. The van der Waals surface area contributed by atoms with E-state index in [0.29, 0.717) is 23.4 Å². The summed E-state index contributed by atoms with van der Waals surface area (Å²) < 4.78 is 10.6. The van der Waals surface area contributed by atoms with E-state index in [1.54, 1.807) is 46.6 Å². The minimum absolute atomic E-state index is 0. The number of fused-ring (bicyclic) bond motifs is 1. The number of amides is 4. The third kappa shape index (κ3) is 13.0. The summed E-state index contributed by atoms with van der Waals surface area (Å²) in [6, 6.07) is 22.3. The molecule has 0 radical (unpaired) electrons. The number of hydrazine groups is 1. The first-order valence-electron chi connectivity index (χ1n) is 18.5. The lowest BCUT2D eigenvalue weighted by molar-refractivity contribution is 0.0496. The predicted octanol–water partition coefficient (Wildman–Crippen LogP) is 7.04. The molecule has 6 rings (SSSR count). The van der Waals surface area contributed by atoms with E-state index in [-0.39, 0.29) is 35.9 Å². The van der Waals surface area contributed by atoms with Crippen molar-refractivity contribution in [2.24, 2.45) is 17.4 Å². The number of alkyl carbamates (subject to hydrolysis) is 2. The third-order valence-electron chi connectivity index (χ3n) is 8.47. The van der Waals surface area contributed by atoms with Gasteiger partial charge in [-0.3, -0.25) is 26.2 Å². The minimum Gasteiger partial charge on any atom is -0.444 e. The molecule has 0 saturated carbocycles. The Morgan fingerprint density at radius 1 is 0.678 bits per heavy atom. The number of nitrogens with zero attached hydrogens (tertiary/aromatic N) is 3. The molecule has 15 nitrogen and oxygen atoms in total. The van der Waals surface area contributed by atoms with Crippen LogP contribution in [0.25, 0.3) is 20.9 Å². The Morgan fingerprint density at radius 3 is 1.42 bits per heavy atom. The highest BCUT2D eigenvalue weighted by molar-refractivity contribution is 7.13. The summed E-state index contributed by atoms with van der Waals surface area (Å²) in [6.07, 6.45) is -0.883. The van der Waals surface area contributed by atoms with Crippen molar-refractivity contribution in [3.8, 4) is 20.9 Å². The zero-order valence-electron chi connectivity index (χ0n) is 34.5. The molecule has 0 saturated heterocycles. The fourth-order valence-electron chi connectivity index (χ4n) is 5.78. The zero-order chi connectivity index (χ0) is 42.8. The largest absolute Gasteiger partial charge is 0.444 e. The van der Waals surface area contributed by atoms with Crippen LogP contribution in [-0.4, -0.2) is 55.5 Å². The average molecular weight is 847 g/mol. The first-order chi connectivity index (χ1) is 27.4. The summed E-state index contributed by atoms with van der Waals surface area (Å²) in [5.41, 5.74) is 14.5. The summed E-state index contributed by atoms with van der Waals surface area (Å²) in [5.74, 6) is 7.40. The first-order valence-corrected chi connectivity index (χ1v) is 20.2. The molecule has 2 aromatic heterocycles. The highest BCUT2D eigenvalue weighted by atomic mass is 32.1. The van der Waals surface area contributed by atoms with E-state index >= 15 is 0 Å². The Balaban J connectivity index is 0.000000315. The molecule has 0 spiro atoms. The van der Waals surface area contributed by atoms with Crippen molar-refractivity contribution < 1.29 is 34.1 Å². The van der Waals surface area contributed by atoms with Gasteiger partial charge in [-0.05, 0) is 89.8 Å². The number of hydrogen-bond acceptors (Lipinski definition) is 13. The second-order valence-electron chi connectivity index (χ2n) is 15.2. The van der Waals surface area contributed by atoms with Crippen LogP contribution in [0.2, 0.25) is 0 Å². The minimum atomic E-state index is -0.560. The van der Waals surface area contributed by atoms with Crippen molar-refractivity contribution in [1.29, 1.82) is 0 Å². The van der Waals surface area contributed by atoms with Crippen LogP contribution < -0.4 is 28.1 Å². The molecule has 3 aromatic carbocycles. The Morgan fingerprint density at radius 2 is 1.05 bits per heavy atom. The second kappa shape index (κ2) is 20.9. The van der Waals surface area contributed by atoms with E-state index in [1.807, 2.05) is 104 Å². The number of rotatable bonds is 9. The lowest BCUT2D eigenvalue weighted by Crippen LogP contribution is -2.34. The van der Waals surface area contributed by atoms with Gasteiger partial charge in [0.05, 0.1) is 61.9 Å². The fraction of sp³-hybridized carbons (Fsp3) is 0.333. The maximum Gasteiger partial charge on any atom is 0.408 e. The highest BCUT2D eigenvalue weighted by Gasteiger charge is 2.36. The SMILES string of the molecule is C[C@H](NC(=O)OC(C)(C)C)c1ccc(-c2scnc2CN)cc1.C[C@H](NC(=O)OC(C)(C)C)c1ccc(-c2scnc2CN2C(=O)c3ccccc3C2=O)cc1.NN.O. The van der Waals surface area contributed by atoms with Crippen LogP contribution in [0.3, 0.4) is 0 Å². The van der Waals surface area contributed by atoms with Crippen molar-refractivity contribution in [3.63, 3.8) is 0 Å². The lowest BCUT2D eigenvalue weighted by atomic mass is 10.0. The van der Waals surface area contributed by atoms with Gasteiger partial charge in [0.25, 0.3) is 11.8 Å². The van der Waals surface area contributed by atoms with Crippen LogP contribution in [0.5, 0.6) is 0 Å². The monoisotopic (exact) mass is 846 g/mol. The molecule has 0 aliphatic carbocycles. The quantitative estimate of drug-likeness (QED) is 0.0572. The van der Waals surface area contributed by atoms with Crippen LogP contribution in [0, 0.1) is 0 Å². The Labute approximate surface area is 352 Å². The molecule has 4 amide bonds. The molecule has 0 bridgehead atoms. The number of carbonyl (C=O) groups excluding carboxylic acids is 4. The van der Waals surface area contributed by atoms with E-state index in [1.165, 1.54) is 16.2 Å². The first kappa shape index (κ1) is 47.8. The van der Waals surface area contributed by atoms with Crippen LogP contribution in [0.1, 0.15) is 111 Å². The van der Waals surface area contributed by atoms with E-state index in [9.17, 15) is 19.2 Å². The molecule has 0 fully saturated rings. The van der Waals surface area contributed by atoms with Crippen LogP contribution in [0.15, 0.2) is 83.8 Å². The van der Waals surface area contributed by atoms with Gasteiger partial charge in [0.1, 0.15) is 11.2 Å². The number of aromatic nitrogens is 2. The van der Waals surface area contributed by atoms with Crippen molar-refractivity contribution in [3.05, 3.63) is 117 Å². The number of nitrogens with two attached hydrogens (primary N) is 3. The summed E-state index contributed by atoms with van der Waals surface area (Å²) in [4.78, 5) is 61.2. The van der Waals surface area contributed by atoms with Crippen LogP contribution in [0.4, 0.5) is 9.59 Å². The van der Waals surface area contributed by atoms with E-state index < -0.39 is 23.4 Å². The topological polar surface area (TPSA) is 249 Å². The number of thiazole rings is 2. The van der Waals surface area contributed by atoms with E-state index in [0.717, 1.165) is 37.7 Å². The van der Waals surface area contributed by atoms with Crippen molar-refractivity contribution in [2.75, 3.05) is 0 Å². The number of ether oxygens (including phenoxy) is 2. The van der Waals surface area contributed by atoms with Gasteiger partial charge in [-0.1, -0.05) is 60.7 Å². The number of hydrogen-bond donors (Lipinski definition) is 5. The molecule has 316 valence electrons. The standard InChI is InChI=1S/C25H25N3O4S.C17H23N3O2S.H4N2.H2O/c1-15(27-24(31)32-25(2,3)4)16-9-11-17(12-10-16)21-20(26-14-33-21)13-28-22(29)18-7-5-6-8-19(18)23(28)30;1-11(20-16(21)22-17(2,3)4)12-5-7-13(8-6-12)15-14(9-18)19-10-23-15;1-2;/h5-12,14-15H,13H2,1-4H3,(H,27,31);5-8,10-11H,9,18H2,1-4H3,(H,20,21);1-2H2;1H2/t15-;11-;;/m00../s1. The summed E-state index contributed by atoms with van der Waals surface area (Å²) in [7, 11) is 0. The van der Waals surface area contributed by atoms with Crippen LogP contribution >= 0.6 is 22.7 Å². The zero-order valence-corrected chi connectivity index (χ0v) is 36.1. The fourth-order valence-corrected chi connectivity index (χ4v) is 7.42. The molecular weight excluding hydrogens is 793 g/mol. The smallest absolute Gasteiger partial charge is 0.408 e. The van der Waals surface area contributed by atoms with Crippen molar-refractivity contribution in [2.45, 2.75) is 91.8 Å². The van der Waals surface area contributed by atoms with Gasteiger partial charge in [-0.15, -0.1) is 22.7 Å². The maximum atomic E-state index is 12.7. The summed E-state index contributed by atoms with van der Waals surface area (Å²) >= 11 is 3.03. The molecule has 1 aliphatic rings. The van der Waals surface area contributed by atoms with Gasteiger partial charge >= 0.3 is 12.2 Å². The van der Waals surface area contributed by atoms with Crippen molar-refractivity contribution in [1.82, 2.24) is 25.5 Å². The Kier molecular flexibility index (Phi) is 17.0. The maximum absolute atomic E-state index is 12.7. The number of carbonyl (C=O) groups is 4. The molecular formula is C42H54N8O7S2.